The van der Waals surface area contributed by atoms with E-state index in [9.17, 15) is 14.0 Å². The molecule has 1 aliphatic rings. The maximum atomic E-state index is 13.3. The van der Waals surface area contributed by atoms with Gasteiger partial charge in [-0.1, -0.05) is 0 Å². The molecule has 6 nitrogen and oxygen atoms in total. The summed E-state index contributed by atoms with van der Waals surface area (Å²) in [4.78, 5) is 24.2. The van der Waals surface area contributed by atoms with E-state index in [4.69, 9.17) is 9.84 Å². The number of aromatic amines is 1. The highest BCUT2D eigenvalue weighted by Crippen LogP contribution is 2.29. The van der Waals surface area contributed by atoms with Crippen LogP contribution in [0.15, 0.2) is 21.9 Å². The molecule has 1 aromatic heterocycles. The van der Waals surface area contributed by atoms with Crippen LogP contribution in [0.5, 0.6) is 0 Å². The minimum atomic E-state index is -1.31. The van der Waals surface area contributed by atoms with Crippen molar-refractivity contribution in [1.82, 2.24) is 9.55 Å². The first-order chi connectivity index (χ1) is 7.61. The zero-order valence-corrected chi connectivity index (χ0v) is 8.30. The lowest BCUT2D eigenvalue weighted by molar-refractivity contribution is -0.0356. The second kappa shape index (κ2) is 4.18. The van der Waals surface area contributed by atoms with E-state index in [-0.39, 0.29) is 6.42 Å². The van der Waals surface area contributed by atoms with Crippen LogP contribution in [-0.2, 0) is 4.74 Å². The molecule has 0 aliphatic carbocycles. The molecule has 7 heteroatoms. The maximum Gasteiger partial charge on any atom is 0.330 e. The Bertz CT molecular complexity index is 483. The van der Waals surface area contributed by atoms with Gasteiger partial charge in [0.1, 0.15) is 18.5 Å². The van der Waals surface area contributed by atoms with Crippen LogP contribution in [0.2, 0.25) is 0 Å². The van der Waals surface area contributed by atoms with Crippen molar-refractivity contribution in [2.24, 2.45) is 0 Å². The average molecular weight is 230 g/mol. The summed E-state index contributed by atoms with van der Waals surface area (Å²) in [6.07, 6.45) is -1.77. The predicted molar refractivity (Wildman–Crippen MR) is 51.8 cm³/mol. The number of halogens is 1. The number of nitrogens with zero attached hydrogens (tertiary/aromatic N) is 1. The van der Waals surface area contributed by atoms with E-state index in [0.29, 0.717) is 0 Å². The minimum Gasteiger partial charge on any atom is -0.394 e. The fraction of sp³-hybridized carbons (Fsp3) is 0.556. The first-order valence-electron chi connectivity index (χ1n) is 4.83. The first kappa shape index (κ1) is 11.0. The molecule has 3 atom stereocenters. The zero-order chi connectivity index (χ0) is 11.7. The number of hydrogen-bond donors (Lipinski definition) is 2. The molecule has 2 rings (SSSR count). The van der Waals surface area contributed by atoms with Crippen LogP contribution in [0.25, 0.3) is 0 Å². The zero-order valence-electron chi connectivity index (χ0n) is 8.30. The van der Waals surface area contributed by atoms with Crippen molar-refractivity contribution in [3.05, 3.63) is 33.1 Å². The smallest absolute Gasteiger partial charge is 0.330 e. The highest BCUT2D eigenvalue weighted by atomic mass is 19.1. The monoisotopic (exact) mass is 230 g/mol. The molecule has 1 saturated heterocycles. The van der Waals surface area contributed by atoms with E-state index < -0.39 is 36.4 Å². The van der Waals surface area contributed by atoms with Gasteiger partial charge in [-0.05, 0) is 0 Å². The Morgan fingerprint density at radius 1 is 1.62 bits per heavy atom. The molecule has 0 radical (unpaired) electrons. The van der Waals surface area contributed by atoms with Gasteiger partial charge in [0.15, 0.2) is 0 Å². The largest absolute Gasteiger partial charge is 0.394 e. The first-order valence-corrected chi connectivity index (χ1v) is 4.83. The Labute approximate surface area is 89.3 Å². The Hall–Kier alpha value is -1.47. The maximum absolute atomic E-state index is 13.3. The SMILES string of the molecule is O=c1ccn([C@@H]2C[C@@H](F)[C@@H](CO)O2)c(=O)[nH]1. The summed E-state index contributed by atoms with van der Waals surface area (Å²) in [6, 6.07) is 1.16. The van der Waals surface area contributed by atoms with E-state index in [1.54, 1.807) is 0 Å². The molecule has 2 heterocycles. The van der Waals surface area contributed by atoms with Crippen molar-refractivity contribution in [2.75, 3.05) is 6.61 Å². The molecule has 0 unspecified atom stereocenters. The summed E-state index contributed by atoms with van der Waals surface area (Å²) in [5.74, 6) is 0. The van der Waals surface area contributed by atoms with E-state index in [1.807, 2.05) is 0 Å². The quantitative estimate of drug-likeness (QED) is 0.693. The van der Waals surface area contributed by atoms with Gasteiger partial charge in [-0.3, -0.25) is 14.3 Å². The standard InChI is InChI=1S/C9H11FN2O4/c10-5-3-8(16-6(5)4-13)12-2-1-7(14)11-9(12)15/h1-2,5-6,8,13H,3-4H2,(H,11,14,15)/t5-,6-,8+/m1/s1. The second-order valence-corrected chi connectivity index (χ2v) is 3.58. The van der Waals surface area contributed by atoms with E-state index >= 15 is 0 Å². The Morgan fingerprint density at radius 2 is 2.38 bits per heavy atom. The van der Waals surface area contributed by atoms with Crippen molar-refractivity contribution in [1.29, 1.82) is 0 Å². The van der Waals surface area contributed by atoms with Crippen molar-refractivity contribution in [3.8, 4) is 0 Å². The molecule has 1 aromatic rings. The number of hydrogen-bond acceptors (Lipinski definition) is 4. The number of aromatic nitrogens is 2. The molecule has 0 bridgehead atoms. The second-order valence-electron chi connectivity index (χ2n) is 3.58. The third-order valence-corrected chi connectivity index (χ3v) is 2.50. The van der Waals surface area contributed by atoms with Crippen molar-refractivity contribution in [3.63, 3.8) is 0 Å². The lowest BCUT2D eigenvalue weighted by Gasteiger charge is -2.13. The average Bonchev–Trinajstić information content (AvgIpc) is 2.59. The van der Waals surface area contributed by atoms with Gasteiger partial charge < -0.3 is 9.84 Å². The Kier molecular flexibility index (Phi) is 2.88. The molecule has 1 fully saturated rings. The number of nitrogens with one attached hydrogen (secondary N) is 1. The van der Waals surface area contributed by atoms with Gasteiger partial charge in [-0.2, -0.15) is 0 Å². The minimum absolute atomic E-state index is 0.0167. The van der Waals surface area contributed by atoms with Gasteiger partial charge in [0.25, 0.3) is 5.56 Å². The van der Waals surface area contributed by atoms with Crippen LogP contribution in [-0.4, -0.2) is 33.5 Å². The topological polar surface area (TPSA) is 84.3 Å². The molecular formula is C9H11FN2O4. The summed E-state index contributed by atoms with van der Waals surface area (Å²) >= 11 is 0. The Balaban J connectivity index is 2.27. The highest BCUT2D eigenvalue weighted by Gasteiger charge is 2.36. The molecule has 88 valence electrons. The molecule has 0 saturated carbocycles. The normalized spacial score (nSPS) is 29.5. The summed E-state index contributed by atoms with van der Waals surface area (Å²) in [5.41, 5.74) is -1.17. The number of rotatable bonds is 2. The van der Waals surface area contributed by atoms with Crippen molar-refractivity contribution < 1.29 is 14.2 Å². The van der Waals surface area contributed by atoms with Crippen LogP contribution in [0.1, 0.15) is 12.6 Å². The van der Waals surface area contributed by atoms with E-state index in [0.717, 1.165) is 10.6 Å². The third kappa shape index (κ3) is 1.91. The van der Waals surface area contributed by atoms with Crippen LogP contribution in [0.3, 0.4) is 0 Å². The van der Waals surface area contributed by atoms with Crippen molar-refractivity contribution in [2.45, 2.75) is 24.9 Å². The molecular weight excluding hydrogens is 219 g/mol. The van der Waals surface area contributed by atoms with Crippen LogP contribution in [0, 0.1) is 0 Å². The van der Waals surface area contributed by atoms with Crippen LogP contribution < -0.4 is 11.2 Å². The van der Waals surface area contributed by atoms with Gasteiger partial charge in [-0.25, -0.2) is 9.18 Å². The van der Waals surface area contributed by atoms with E-state index in [1.165, 1.54) is 6.20 Å². The fourth-order valence-electron chi connectivity index (χ4n) is 1.68. The molecule has 0 spiro atoms. The van der Waals surface area contributed by atoms with E-state index in [2.05, 4.69) is 4.98 Å². The third-order valence-electron chi connectivity index (χ3n) is 2.50. The van der Waals surface area contributed by atoms with Crippen molar-refractivity contribution >= 4 is 0 Å². The number of H-pyrrole nitrogens is 1. The number of ether oxygens (including phenoxy) is 1. The lowest BCUT2D eigenvalue weighted by atomic mass is 10.2. The summed E-state index contributed by atoms with van der Waals surface area (Å²) in [5, 5.41) is 8.80. The number of alkyl halides is 1. The van der Waals surface area contributed by atoms with Crippen LogP contribution in [0.4, 0.5) is 4.39 Å². The summed E-state index contributed by atoms with van der Waals surface area (Å²) in [6.45, 7) is -0.435. The molecule has 1 aliphatic heterocycles. The Morgan fingerprint density at radius 3 is 2.94 bits per heavy atom. The molecule has 0 aromatic carbocycles. The molecule has 16 heavy (non-hydrogen) atoms. The number of aliphatic hydroxyl groups excluding tert-OH is 1. The molecule has 2 N–H and O–H groups in total. The fourth-order valence-corrected chi connectivity index (χ4v) is 1.68. The summed E-state index contributed by atoms with van der Waals surface area (Å²) < 4.78 is 19.5. The van der Waals surface area contributed by atoms with Gasteiger partial charge in [0.2, 0.25) is 0 Å². The predicted octanol–water partition coefficient (Wildman–Crippen LogP) is -0.845. The highest BCUT2D eigenvalue weighted by molar-refractivity contribution is 4.88. The lowest BCUT2D eigenvalue weighted by Crippen LogP contribution is -2.31. The van der Waals surface area contributed by atoms with Gasteiger partial charge in [0.05, 0.1) is 6.61 Å². The van der Waals surface area contributed by atoms with Gasteiger partial charge in [-0.15, -0.1) is 0 Å². The van der Waals surface area contributed by atoms with Gasteiger partial charge in [0, 0.05) is 18.7 Å². The summed E-state index contributed by atoms with van der Waals surface area (Å²) in [7, 11) is 0. The van der Waals surface area contributed by atoms with Gasteiger partial charge >= 0.3 is 5.69 Å². The van der Waals surface area contributed by atoms with Crippen LogP contribution >= 0.6 is 0 Å². The molecule has 0 amide bonds. The number of aliphatic hydroxyl groups is 1.